The number of benzene rings is 1. The molecule has 0 aliphatic carbocycles. The molecule has 1 aromatic carbocycles. The van der Waals surface area contributed by atoms with Crippen LogP contribution in [0.15, 0.2) is 24.3 Å². The van der Waals surface area contributed by atoms with E-state index >= 15 is 0 Å². The lowest BCUT2D eigenvalue weighted by Gasteiger charge is -2.33. The molecule has 1 aliphatic heterocycles. The van der Waals surface area contributed by atoms with Crippen LogP contribution in [-0.2, 0) is 11.2 Å². The van der Waals surface area contributed by atoms with Gasteiger partial charge in [0.25, 0.3) is 0 Å². The molecule has 2 rings (SSSR count). The molecule has 4 heteroatoms. The van der Waals surface area contributed by atoms with Crippen molar-refractivity contribution in [3.8, 4) is 5.75 Å². The summed E-state index contributed by atoms with van der Waals surface area (Å²) in [6.07, 6.45) is 4.01. The van der Waals surface area contributed by atoms with Gasteiger partial charge in [0.15, 0.2) is 0 Å². The van der Waals surface area contributed by atoms with Gasteiger partial charge in [-0.25, -0.2) is 0 Å². The molecule has 1 fully saturated rings. The minimum atomic E-state index is -0.396. The van der Waals surface area contributed by atoms with Gasteiger partial charge in [-0.2, -0.15) is 0 Å². The summed E-state index contributed by atoms with van der Waals surface area (Å²) in [7, 11) is 1.66. The summed E-state index contributed by atoms with van der Waals surface area (Å²) in [6, 6.07) is 7.96. The molecule has 1 aliphatic rings. The average Bonchev–Trinajstić information content (AvgIpc) is 2.48. The number of amides is 1. The van der Waals surface area contributed by atoms with Crippen molar-refractivity contribution in [2.24, 2.45) is 0 Å². The Morgan fingerprint density at radius 2 is 2.30 bits per heavy atom. The number of hydrogen-bond acceptors (Lipinski definition) is 3. The van der Waals surface area contributed by atoms with E-state index in [1.807, 2.05) is 25.1 Å². The molecule has 0 aromatic heterocycles. The number of carbonyl (C=O) groups is 1. The van der Waals surface area contributed by atoms with Crippen LogP contribution in [0.3, 0.4) is 0 Å². The van der Waals surface area contributed by atoms with Gasteiger partial charge in [0.2, 0.25) is 5.91 Å². The number of rotatable bonds is 5. The maximum atomic E-state index is 12.2. The number of carbonyl (C=O) groups excluding carboxylic acids is 1. The van der Waals surface area contributed by atoms with E-state index in [1.165, 1.54) is 5.56 Å². The van der Waals surface area contributed by atoms with Crippen molar-refractivity contribution >= 4 is 5.91 Å². The second-order valence-corrected chi connectivity index (χ2v) is 5.57. The first-order valence-corrected chi connectivity index (χ1v) is 7.30. The van der Waals surface area contributed by atoms with Crippen LogP contribution >= 0.6 is 0 Å². The normalized spacial score (nSPS) is 22.3. The summed E-state index contributed by atoms with van der Waals surface area (Å²) in [6.45, 7) is 3.58. The molecule has 0 bridgehead atoms. The maximum Gasteiger partial charge on any atom is 0.240 e. The quantitative estimate of drug-likeness (QED) is 0.863. The lowest BCUT2D eigenvalue weighted by atomic mass is 9.90. The lowest BCUT2D eigenvalue weighted by molar-refractivity contribution is -0.127. The zero-order valence-corrected chi connectivity index (χ0v) is 12.4. The monoisotopic (exact) mass is 276 g/mol. The summed E-state index contributed by atoms with van der Waals surface area (Å²) in [5.41, 5.74) is 0.776. The highest BCUT2D eigenvalue weighted by atomic mass is 16.5. The van der Waals surface area contributed by atoms with Gasteiger partial charge in [0.05, 0.1) is 12.6 Å². The summed E-state index contributed by atoms with van der Waals surface area (Å²) < 4.78 is 5.20. The first kappa shape index (κ1) is 14.9. The highest BCUT2D eigenvalue weighted by Crippen LogP contribution is 2.18. The fourth-order valence-electron chi connectivity index (χ4n) is 2.59. The largest absolute Gasteiger partial charge is 0.497 e. The molecule has 1 unspecified atom stereocenters. The Bertz CT molecular complexity index is 454. The van der Waals surface area contributed by atoms with Crippen LogP contribution < -0.4 is 15.4 Å². The molecule has 1 amide bonds. The third-order valence-electron chi connectivity index (χ3n) is 3.95. The summed E-state index contributed by atoms with van der Waals surface area (Å²) in [4.78, 5) is 12.2. The van der Waals surface area contributed by atoms with Gasteiger partial charge in [-0.05, 0) is 56.8 Å². The zero-order chi connectivity index (χ0) is 14.4. The van der Waals surface area contributed by atoms with Crippen molar-refractivity contribution in [3.05, 3.63) is 29.8 Å². The van der Waals surface area contributed by atoms with Crippen molar-refractivity contribution in [3.63, 3.8) is 0 Å². The summed E-state index contributed by atoms with van der Waals surface area (Å²) in [5, 5.41) is 6.37. The van der Waals surface area contributed by atoms with E-state index < -0.39 is 5.54 Å². The van der Waals surface area contributed by atoms with Crippen LogP contribution in [0.1, 0.15) is 31.7 Å². The molecular weight excluding hydrogens is 252 g/mol. The highest BCUT2D eigenvalue weighted by Gasteiger charge is 2.33. The van der Waals surface area contributed by atoms with Gasteiger partial charge in [0, 0.05) is 6.54 Å². The van der Waals surface area contributed by atoms with Gasteiger partial charge in [-0.15, -0.1) is 0 Å². The molecule has 20 heavy (non-hydrogen) atoms. The van der Waals surface area contributed by atoms with Crippen molar-refractivity contribution < 1.29 is 9.53 Å². The highest BCUT2D eigenvalue weighted by molar-refractivity contribution is 5.85. The lowest BCUT2D eigenvalue weighted by Crippen LogP contribution is -2.57. The Balaban J connectivity index is 1.81. The van der Waals surface area contributed by atoms with Crippen LogP contribution in [0.4, 0.5) is 0 Å². The molecular formula is C16H24N2O2. The second-order valence-electron chi connectivity index (χ2n) is 5.57. The average molecular weight is 276 g/mol. The number of piperidine rings is 1. The topological polar surface area (TPSA) is 50.4 Å². The van der Waals surface area contributed by atoms with Crippen LogP contribution in [0.5, 0.6) is 5.75 Å². The smallest absolute Gasteiger partial charge is 0.240 e. The van der Waals surface area contributed by atoms with Crippen molar-refractivity contribution in [2.45, 2.75) is 38.1 Å². The van der Waals surface area contributed by atoms with Gasteiger partial charge >= 0.3 is 0 Å². The van der Waals surface area contributed by atoms with E-state index in [4.69, 9.17) is 4.74 Å². The number of nitrogens with one attached hydrogen (secondary N) is 2. The Labute approximate surface area is 120 Å². The second kappa shape index (κ2) is 6.75. The molecule has 1 saturated heterocycles. The summed E-state index contributed by atoms with van der Waals surface area (Å²) >= 11 is 0. The van der Waals surface area contributed by atoms with Crippen LogP contribution in [0.25, 0.3) is 0 Å². The van der Waals surface area contributed by atoms with Gasteiger partial charge in [0.1, 0.15) is 5.75 Å². The molecule has 1 aromatic rings. The maximum absolute atomic E-state index is 12.2. The predicted molar refractivity (Wildman–Crippen MR) is 80.0 cm³/mol. The fourth-order valence-corrected chi connectivity index (χ4v) is 2.59. The van der Waals surface area contributed by atoms with Crippen molar-refractivity contribution in [1.29, 1.82) is 0 Å². The van der Waals surface area contributed by atoms with E-state index in [-0.39, 0.29) is 5.91 Å². The van der Waals surface area contributed by atoms with Crippen LogP contribution in [-0.4, -0.2) is 31.6 Å². The van der Waals surface area contributed by atoms with Crippen molar-refractivity contribution in [2.75, 3.05) is 20.2 Å². The minimum absolute atomic E-state index is 0.111. The molecule has 0 radical (unpaired) electrons. The molecule has 4 nitrogen and oxygen atoms in total. The molecule has 2 N–H and O–H groups in total. The Morgan fingerprint density at radius 1 is 1.45 bits per heavy atom. The van der Waals surface area contributed by atoms with Gasteiger partial charge in [-0.3, -0.25) is 4.79 Å². The van der Waals surface area contributed by atoms with E-state index in [0.717, 1.165) is 38.0 Å². The third-order valence-corrected chi connectivity index (χ3v) is 3.95. The van der Waals surface area contributed by atoms with E-state index in [0.29, 0.717) is 6.54 Å². The predicted octanol–water partition coefficient (Wildman–Crippen LogP) is 1.89. The van der Waals surface area contributed by atoms with Crippen LogP contribution in [0, 0.1) is 0 Å². The van der Waals surface area contributed by atoms with Gasteiger partial charge < -0.3 is 15.4 Å². The third kappa shape index (κ3) is 3.73. The Hall–Kier alpha value is -1.55. The molecule has 110 valence electrons. The molecule has 0 saturated carbocycles. The van der Waals surface area contributed by atoms with Gasteiger partial charge in [-0.1, -0.05) is 12.1 Å². The van der Waals surface area contributed by atoms with Crippen LogP contribution in [0.2, 0.25) is 0 Å². The molecule has 1 atom stereocenters. The number of ether oxygens (including phenoxy) is 1. The summed E-state index contributed by atoms with van der Waals surface area (Å²) in [5.74, 6) is 0.967. The number of hydrogen-bond donors (Lipinski definition) is 2. The SMILES string of the molecule is COc1cccc(CCNC(=O)C2(C)CCCCN2)c1. The van der Waals surface area contributed by atoms with E-state index in [2.05, 4.69) is 16.7 Å². The van der Waals surface area contributed by atoms with E-state index in [1.54, 1.807) is 7.11 Å². The van der Waals surface area contributed by atoms with Crippen molar-refractivity contribution in [1.82, 2.24) is 10.6 Å². The Morgan fingerprint density at radius 3 is 3.00 bits per heavy atom. The standard InChI is InChI=1S/C16H24N2O2/c1-16(9-3-4-10-18-16)15(19)17-11-8-13-6-5-7-14(12-13)20-2/h5-7,12,18H,3-4,8-11H2,1-2H3,(H,17,19). The first-order chi connectivity index (χ1) is 9.64. The zero-order valence-electron chi connectivity index (χ0n) is 12.4. The van der Waals surface area contributed by atoms with E-state index in [9.17, 15) is 4.79 Å². The number of methoxy groups -OCH3 is 1. The first-order valence-electron chi connectivity index (χ1n) is 7.30. The fraction of sp³-hybridized carbons (Fsp3) is 0.562. The minimum Gasteiger partial charge on any atom is -0.497 e. The molecule has 0 spiro atoms. The Kier molecular flexibility index (Phi) is 5.01. The molecule has 1 heterocycles.